The molecule has 1 spiro atoms. The number of likely N-dealkylation sites (N-methyl/N-ethyl adjacent to an activating group) is 1. The van der Waals surface area contributed by atoms with Crippen molar-refractivity contribution in [3.8, 4) is 0 Å². The lowest BCUT2D eigenvalue weighted by Gasteiger charge is -2.32. The summed E-state index contributed by atoms with van der Waals surface area (Å²) in [6.45, 7) is 7.09. The van der Waals surface area contributed by atoms with Crippen molar-refractivity contribution in [2.75, 3.05) is 57.8 Å². The summed E-state index contributed by atoms with van der Waals surface area (Å²) in [6, 6.07) is 0. The van der Waals surface area contributed by atoms with Crippen molar-refractivity contribution in [2.24, 2.45) is 11.8 Å². The Bertz CT molecular complexity index is 781. The first-order valence-corrected chi connectivity index (χ1v) is 10.4. The van der Waals surface area contributed by atoms with E-state index in [2.05, 4.69) is 26.8 Å². The lowest BCUT2D eigenvalue weighted by atomic mass is 9.74. The molecular weight excluding hydrogens is 358 g/mol. The molecule has 4 saturated heterocycles. The number of rotatable bonds is 3. The molecule has 4 fully saturated rings. The first-order valence-electron chi connectivity index (χ1n) is 10.4. The van der Waals surface area contributed by atoms with Gasteiger partial charge in [0.2, 0.25) is 5.95 Å². The molecule has 8 heteroatoms. The predicted octanol–water partition coefficient (Wildman–Crippen LogP) is 0.149. The number of hydrogen-bond donors (Lipinski definition) is 1. The van der Waals surface area contributed by atoms with Crippen molar-refractivity contribution in [2.45, 2.75) is 31.5 Å². The molecule has 1 amide bonds. The zero-order chi connectivity index (χ0) is 19.5. The number of likely N-dealkylation sites (tertiary alicyclic amines) is 1. The number of fused-ring (bicyclic) bond motifs is 1. The quantitative estimate of drug-likeness (QED) is 0.791. The van der Waals surface area contributed by atoms with Crippen LogP contribution in [0.25, 0.3) is 0 Å². The minimum atomic E-state index is -0.248. The topological polar surface area (TPSA) is 82.0 Å². The molecule has 2 bridgehead atoms. The third-order valence-electron chi connectivity index (χ3n) is 7.26. The Morgan fingerprint density at radius 3 is 2.86 bits per heavy atom. The van der Waals surface area contributed by atoms with Crippen LogP contribution in [0.5, 0.6) is 0 Å². The fourth-order valence-corrected chi connectivity index (χ4v) is 5.58. The SMILES string of the molecule is Cc1nc(N2CCN(C)CC2)ncc1C(=O)N1C[C@H]2[C@@H](CO)[C@@H]3CC[C@@]2(C1)O3. The number of anilines is 1. The maximum Gasteiger partial charge on any atom is 0.257 e. The van der Waals surface area contributed by atoms with Crippen LogP contribution in [0, 0.1) is 18.8 Å². The van der Waals surface area contributed by atoms with Crippen LogP contribution in [0.2, 0.25) is 0 Å². The van der Waals surface area contributed by atoms with Crippen molar-refractivity contribution in [1.82, 2.24) is 19.8 Å². The monoisotopic (exact) mass is 387 g/mol. The summed E-state index contributed by atoms with van der Waals surface area (Å²) >= 11 is 0. The average molecular weight is 387 g/mol. The number of aromatic nitrogens is 2. The van der Waals surface area contributed by atoms with Gasteiger partial charge in [-0.1, -0.05) is 0 Å². The van der Waals surface area contributed by atoms with Crippen LogP contribution >= 0.6 is 0 Å². The highest BCUT2D eigenvalue weighted by Gasteiger charge is 2.63. The Balaban J connectivity index is 1.32. The molecule has 4 atom stereocenters. The molecule has 1 aromatic heterocycles. The molecule has 4 aliphatic rings. The number of piperazine rings is 1. The van der Waals surface area contributed by atoms with E-state index in [0.717, 1.165) is 44.7 Å². The van der Waals surface area contributed by atoms with Gasteiger partial charge in [0.05, 0.1) is 29.5 Å². The standard InChI is InChI=1S/C20H29N5O3/c1-13-14(9-21-19(22-13)24-7-5-23(2)6-8-24)18(27)25-10-16-15(11-26)17-3-4-20(16,12-25)28-17/h9,15-17,26H,3-8,10-12H2,1-2H3/t15-,16+,17+,20+/m1/s1. The first kappa shape index (κ1) is 18.3. The molecule has 5 rings (SSSR count). The van der Waals surface area contributed by atoms with Gasteiger partial charge in [-0.15, -0.1) is 0 Å². The summed E-state index contributed by atoms with van der Waals surface area (Å²) in [4.78, 5) is 28.7. The van der Waals surface area contributed by atoms with Crippen molar-refractivity contribution in [3.63, 3.8) is 0 Å². The van der Waals surface area contributed by atoms with E-state index in [1.54, 1.807) is 6.20 Å². The molecule has 28 heavy (non-hydrogen) atoms. The second-order valence-electron chi connectivity index (χ2n) is 8.86. The Hall–Kier alpha value is -1.77. The van der Waals surface area contributed by atoms with Crippen LogP contribution in [0.1, 0.15) is 28.9 Å². The molecule has 8 nitrogen and oxygen atoms in total. The highest BCUT2D eigenvalue weighted by atomic mass is 16.5. The van der Waals surface area contributed by atoms with Gasteiger partial charge < -0.3 is 24.5 Å². The van der Waals surface area contributed by atoms with Crippen molar-refractivity contribution < 1.29 is 14.6 Å². The van der Waals surface area contributed by atoms with Crippen LogP contribution in [0.4, 0.5) is 5.95 Å². The van der Waals surface area contributed by atoms with Crippen LogP contribution in [0.15, 0.2) is 6.20 Å². The first-order chi connectivity index (χ1) is 13.5. The molecule has 0 aromatic carbocycles. The molecule has 0 saturated carbocycles. The van der Waals surface area contributed by atoms with E-state index in [4.69, 9.17) is 4.74 Å². The van der Waals surface area contributed by atoms with Crippen molar-refractivity contribution >= 4 is 11.9 Å². The van der Waals surface area contributed by atoms with Gasteiger partial charge in [0.25, 0.3) is 5.91 Å². The molecule has 0 radical (unpaired) electrons. The number of ether oxygens (including phenoxy) is 1. The van der Waals surface area contributed by atoms with Gasteiger partial charge >= 0.3 is 0 Å². The second-order valence-corrected chi connectivity index (χ2v) is 8.86. The van der Waals surface area contributed by atoms with Gasteiger partial charge in [0, 0.05) is 57.4 Å². The predicted molar refractivity (Wildman–Crippen MR) is 103 cm³/mol. The van der Waals surface area contributed by atoms with Crippen LogP contribution < -0.4 is 4.90 Å². The third-order valence-corrected chi connectivity index (χ3v) is 7.26. The van der Waals surface area contributed by atoms with Crippen LogP contribution in [-0.2, 0) is 4.74 Å². The van der Waals surface area contributed by atoms with E-state index >= 15 is 0 Å². The number of carbonyl (C=O) groups is 1. The largest absolute Gasteiger partial charge is 0.396 e. The Morgan fingerprint density at radius 1 is 1.36 bits per heavy atom. The summed E-state index contributed by atoms with van der Waals surface area (Å²) in [5.41, 5.74) is 1.05. The van der Waals surface area contributed by atoms with E-state index < -0.39 is 0 Å². The Kier molecular flexibility index (Phi) is 4.33. The number of nitrogens with zero attached hydrogens (tertiary/aromatic N) is 5. The number of aliphatic hydroxyl groups excluding tert-OH is 1. The maximum atomic E-state index is 13.2. The van der Waals surface area contributed by atoms with Gasteiger partial charge in [0.1, 0.15) is 0 Å². The minimum Gasteiger partial charge on any atom is -0.396 e. The van der Waals surface area contributed by atoms with Crippen molar-refractivity contribution in [3.05, 3.63) is 17.5 Å². The van der Waals surface area contributed by atoms with Gasteiger partial charge in [-0.3, -0.25) is 4.79 Å². The highest BCUT2D eigenvalue weighted by molar-refractivity contribution is 5.95. The summed E-state index contributed by atoms with van der Waals surface area (Å²) in [5, 5.41) is 9.78. The zero-order valence-corrected chi connectivity index (χ0v) is 16.7. The molecule has 0 aliphatic carbocycles. The summed E-state index contributed by atoms with van der Waals surface area (Å²) in [6.07, 6.45) is 3.83. The number of aryl methyl sites for hydroxylation is 1. The lowest BCUT2D eigenvalue weighted by molar-refractivity contribution is 0.00152. The van der Waals surface area contributed by atoms with Gasteiger partial charge in [-0.05, 0) is 26.8 Å². The van der Waals surface area contributed by atoms with Gasteiger partial charge in [-0.25, -0.2) is 9.97 Å². The molecule has 1 N–H and O–H groups in total. The summed E-state index contributed by atoms with van der Waals surface area (Å²) in [5.74, 6) is 1.09. The number of aliphatic hydroxyl groups is 1. The maximum absolute atomic E-state index is 13.2. The van der Waals surface area contributed by atoms with Crippen LogP contribution in [-0.4, -0.2) is 95.4 Å². The molecule has 1 aromatic rings. The number of amides is 1. The van der Waals surface area contributed by atoms with Gasteiger partial charge in [-0.2, -0.15) is 0 Å². The minimum absolute atomic E-state index is 0.0186. The van der Waals surface area contributed by atoms with E-state index in [1.165, 1.54) is 0 Å². The normalized spacial score (nSPS) is 34.9. The molecular formula is C20H29N5O3. The fourth-order valence-electron chi connectivity index (χ4n) is 5.58. The zero-order valence-electron chi connectivity index (χ0n) is 16.7. The Morgan fingerprint density at radius 2 is 2.14 bits per heavy atom. The highest BCUT2D eigenvalue weighted by Crippen LogP contribution is 2.54. The van der Waals surface area contributed by atoms with Crippen molar-refractivity contribution in [1.29, 1.82) is 0 Å². The Labute approximate surface area is 165 Å². The lowest BCUT2D eigenvalue weighted by Crippen LogP contribution is -2.45. The molecule has 4 aliphatic heterocycles. The molecule has 0 unspecified atom stereocenters. The van der Waals surface area contributed by atoms with E-state index in [-0.39, 0.29) is 36.1 Å². The molecule has 152 valence electrons. The second kappa shape index (κ2) is 6.64. The number of hydrogen-bond acceptors (Lipinski definition) is 7. The van der Waals surface area contributed by atoms with E-state index in [1.807, 2.05) is 11.8 Å². The summed E-state index contributed by atoms with van der Waals surface area (Å²) in [7, 11) is 2.12. The average Bonchev–Trinajstić information content (AvgIpc) is 3.35. The number of carbonyl (C=O) groups excluding carboxylic acids is 1. The molecule has 5 heterocycles. The van der Waals surface area contributed by atoms with E-state index in [0.29, 0.717) is 24.6 Å². The summed E-state index contributed by atoms with van der Waals surface area (Å²) < 4.78 is 6.25. The van der Waals surface area contributed by atoms with Crippen LogP contribution in [0.3, 0.4) is 0 Å². The smallest absolute Gasteiger partial charge is 0.257 e. The van der Waals surface area contributed by atoms with E-state index in [9.17, 15) is 9.90 Å². The third kappa shape index (κ3) is 2.73. The fraction of sp³-hybridized carbons (Fsp3) is 0.750. The van der Waals surface area contributed by atoms with Gasteiger partial charge in [0.15, 0.2) is 0 Å².